The van der Waals surface area contributed by atoms with Crippen molar-refractivity contribution in [2.24, 2.45) is 5.10 Å². The maximum Gasteiger partial charge on any atom is 0.292 e. The maximum absolute atomic E-state index is 12.7. The molecule has 9 heteroatoms. The van der Waals surface area contributed by atoms with Crippen LogP contribution in [0.3, 0.4) is 0 Å². The van der Waals surface area contributed by atoms with Crippen molar-refractivity contribution in [3.8, 4) is 23.3 Å². The molecule has 1 aromatic heterocycles. The first-order chi connectivity index (χ1) is 15.0. The van der Waals surface area contributed by atoms with Gasteiger partial charge in [0.25, 0.3) is 11.5 Å². The van der Waals surface area contributed by atoms with Crippen LogP contribution in [-0.2, 0) is 0 Å². The highest BCUT2D eigenvalue weighted by atomic mass is 16.5. The lowest BCUT2D eigenvalue weighted by Crippen LogP contribution is -2.31. The number of hydrogen-bond acceptors (Lipinski definition) is 7. The zero-order chi connectivity index (χ0) is 22.4. The highest BCUT2D eigenvalue weighted by molar-refractivity contribution is 5.94. The molecule has 0 fully saturated rings. The predicted octanol–water partition coefficient (Wildman–Crippen LogP) is 2.28. The summed E-state index contributed by atoms with van der Waals surface area (Å²) in [7, 11) is 0. The Kier molecular flexibility index (Phi) is 6.42. The van der Waals surface area contributed by atoms with Crippen LogP contribution in [0.5, 0.6) is 11.5 Å². The van der Waals surface area contributed by atoms with Gasteiger partial charge in [0.15, 0.2) is 17.2 Å². The van der Waals surface area contributed by atoms with Crippen molar-refractivity contribution in [1.82, 2.24) is 15.2 Å². The SMILES string of the molecule is CCOc1cc(/C=N/NC(=O)c2nn(-c3ccccc3)c(=O)c(C#N)c2C)ccc1O. The van der Waals surface area contributed by atoms with Crippen molar-refractivity contribution in [2.45, 2.75) is 13.8 Å². The smallest absolute Gasteiger partial charge is 0.292 e. The molecule has 3 aromatic rings. The van der Waals surface area contributed by atoms with E-state index >= 15 is 0 Å². The number of benzene rings is 2. The van der Waals surface area contributed by atoms with Gasteiger partial charge in [0.1, 0.15) is 11.6 Å². The Hall–Kier alpha value is -4.45. The summed E-state index contributed by atoms with van der Waals surface area (Å²) in [4.78, 5) is 25.3. The van der Waals surface area contributed by atoms with Crippen LogP contribution in [0.1, 0.15) is 34.1 Å². The molecule has 0 aliphatic heterocycles. The Labute approximate surface area is 177 Å². The number of aromatic nitrogens is 2. The van der Waals surface area contributed by atoms with Crippen LogP contribution >= 0.6 is 0 Å². The van der Waals surface area contributed by atoms with Crippen LogP contribution in [0.15, 0.2) is 58.4 Å². The number of nitrogens with one attached hydrogen (secondary N) is 1. The van der Waals surface area contributed by atoms with Gasteiger partial charge < -0.3 is 9.84 Å². The van der Waals surface area contributed by atoms with Crippen LogP contribution in [-0.4, -0.2) is 33.6 Å². The molecular formula is C22H19N5O4. The minimum atomic E-state index is -0.682. The Bertz CT molecular complexity index is 1240. The number of hydrazone groups is 1. The second-order valence-corrected chi connectivity index (χ2v) is 6.37. The van der Waals surface area contributed by atoms with E-state index in [1.165, 1.54) is 19.2 Å². The zero-order valence-electron chi connectivity index (χ0n) is 16.9. The van der Waals surface area contributed by atoms with Gasteiger partial charge in [0, 0.05) is 5.56 Å². The fourth-order valence-corrected chi connectivity index (χ4v) is 2.80. The molecule has 0 radical (unpaired) electrons. The minimum absolute atomic E-state index is 0.00457. The highest BCUT2D eigenvalue weighted by Crippen LogP contribution is 2.26. The van der Waals surface area contributed by atoms with E-state index in [0.29, 0.717) is 23.6 Å². The maximum atomic E-state index is 12.7. The van der Waals surface area contributed by atoms with Gasteiger partial charge in [-0.2, -0.15) is 20.1 Å². The molecule has 1 heterocycles. The molecule has 0 unspecified atom stereocenters. The number of para-hydroxylation sites is 1. The fourth-order valence-electron chi connectivity index (χ4n) is 2.80. The lowest BCUT2D eigenvalue weighted by atomic mass is 10.1. The first kappa shape index (κ1) is 21.3. The lowest BCUT2D eigenvalue weighted by molar-refractivity contribution is 0.0947. The Balaban J connectivity index is 1.90. The first-order valence-electron chi connectivity index (χ1n) is 9.35. The molecule has 0 saturated carbocycles. The molecule has 1 amide bonds. The summed E-state index contributed by atoms with van der Waals surface area (Å²) in [6.07, 6.45) is 1.37. The van der Waals surface area contributed by atoms with E-state index in [0.717, 1.165) is 4.68 Å². The van der Waals surface area contributed by atoms with E-state index in [1.54, 1.807) is 49.4 Å². The van der Waals surface area contributed by atoms with Gasteiger partial charge in [-0.25, -0.2) is 5.43 Å². The summed E-state index contributed by atoms with van der Waals surface area (Å²) >= 11 is 0. The number of rotatable bonds is 6. The summed E-state index contributed by atoms with van der Waals surface area (Å²) in [6.45, 7) is 3.66. The molecular weight excluding hydrogens is 398 g/mol. The van der Waals surface area contributed by atoms with Crippen LogP contribution < -0.4 is 15.7 Å². The average Bonchev–Trinajstić information content (AvgIpc) is 2.77. The first-order valence-corrected chi connectivity index (χ1v) is 9.35. The van der Waals surface area contributed by atoms with Gasteiger partial charge in [-0.1, -0.05) is 18.2 Å². The molecule has 0 atom stereocenters. The molecule has 31 heavy (non-hydrogen) atoms. The van der Waals surface area contributed by atoms with Crippen molar-refractivity contribution in [3.63, 3.8) is 0 Å². The van der Waals surface area contributed by atoms with E-state index in [9.17, 15) is 20.0 Å². The van der Waals surface area contributed by atoms with E-state index in [1.807, 2.05) is 6.07 Å². The third-order valence-electron chi connectivity index (χ3n) is 4.33. The number of carbonyl (C=O) groups excluding carboxylic acids is 1. The van der Waals surface area contributed by atoms with Gasteiger partial charge in [0.2, 0.25) is 0 Å². The fraction of sp³-hybridized carbons (Fsp3) is 0.136. The lowest BCUT2D eigenvalue weighted by Gasteiger charge is -2.10. The van der Waals surface area contributed by atoms with Crippen LogP contribution in [0, 0.1) is 18.3 Å². The Morgan fingerprint density at radius 2 is 2.06 bits per heavy atom. The number of hydrogen-bond donors (Lipinski definition) is 2. The number of nitrogens with zero attached hydrogens (tertiary/aromatic N) is 4. The number of aromatic hydroxyl groups is 1. The summed E-state index contributed by atoms with van der Waals surface area (Å²) in [5.74, 6) is -0.391. The van der Waals surface area contributed by atoms with Crippen molar-refractivity contribution < 1.29 is 14.6 Å². The predicted molar refractivity (Wildman–Crippen MR) is 114 cm³/mol. The van der Waals surface area contributed by atoms with Gasteiger partial charge in [-0.3, -0.25) is 9.59 Å². The standard InChI is InChI=1S/C22H19N5O4/c1-3-31-19-11-15(9-10-18(19)28)13-24-25-21(29)20-14(2)17(12-23)22(30)27(26-20)16-7-5-4-6-8-16/h4-11,13,28H,3H2,1-2H3,(H,25,29)/b24-13+. The molecule has 0 saturated heterocycles. The second-order valence-electron chi connectivity index (χ2n) is 6.37. The summed E-state index contributed by atoms with van der Waals surface area (Å²) in [5.41, 5.74) is 2.63. The second kappa shape index (κ2) is 9.37. The van der Waals surface area contributed by atoms with Gasteiger partial charge >= 0.3 is 0 Å². The Morgan fingerprint density at radius 1 is 1.32 bits per heavy atom. The van der Waals surface area contributed by atoms with Crippen molar-refractivity contribution in [2.75, 3.05) is 6.61 Å². The van der Waals surface area contributed by atoms with E-state index < -0.39 is 11.5 Å². The molecule has 2 N–H and O–H groups in total. The summed E-state index contributed by atoms with van der Waals surface area (Å²) in [6, 6.07) is 15.0. The largest absolute Gasteiger partial charge is 0.504 e. The third kappa shape index (κ3) is 4.59. The van der Waals surface area contributed by atoms with E-state index in [-0.39, 0.29) is 22.6 Å². The molecule has 0 bridgehead atoms. The van der Waals surface area contributed by atoms with Crippen molar-refractivity contribution in [1.29, 1.82) is 5.26 Å². The highest BCUT2D eigenvalue weighted by Gasteiger charge is 2.20. The molecule has 9 nitrogen and oxygen atoms in total. The van der Waals surface area contributed by atoms with Crippen molar-refractivity contribution in [3.05, 3.63) is 81.3 Å². The number of phenolic OH excluding ortho intramolecular Hbond substituents is 1. The molecule has 2 aromatic carbocycles. The summed E-state index contributed by atoms with van der Waals surface area (Å²) < 4.78 is 6.32. The van der Waals surface area contributed by atoms with Crippen molar-refractivity contribution >= 4 is 12.1 Å². The quantitative estimate of drug-likeness (QED) is 0.467. The number of phenols is 1. The molecule has 0 aliphatic carbocycles. The van der Waals surface area contributed by atoms with E-state index in [4.69, 9.17) is 4.74 Å². The average molecular weight is 417 g/mol. The third-order valence-corrected chi connectivity index (χ3v) is 4.33. The Morgan fingerprint density at radius 3 is 2.74 bits per heavy atom. The van der Waals surface area contributed by atoms with Gasteiger partial charge in [-0.05, 0) is 49.7 Å². The van der Waals surface area contributed by atoms with E-state index in [2.05, 4.69) is 15.6 Å². The summed E-state index contributed by atoms with van der Waals surface area (Å²) in [5, 5.41) is 27.2. The molecule has 156 valence electrons. The number of carbonyl (C=O) groups is 1. The van der Waals surface area contributed by atoms with Gasteiger partial charge in [-0.15, -0.1) is 0 Å². The normalized spacial score (nSPS) is 10.6. The topological polar surface area (TPSA) is 130 Å². The monoisotopic (exact) mass is 417 g/mol. The van der Waals surface area contributed by atoms with Gasteiger partial charge in [0.05, 0.1) is 18.5 Å². The number of ether oxygens (including phenoxy) is 1. The van der Waals surface area contributed by atoms with Crippen LogP contribution in [0.25, 0.3) is 5.69 Å². The number of amides is 1. The molecule has 3 rings (SSSR count). The van der Waals surface area contributed by atoms with Crippen LogP contribution in [0.4, 0.5) is 0 Å². The minimum Gasteiger partial charge on any atom is -0.504 e. The molecule has 0 aliphatic rings. The molecule has 0 spiro atoms. The number of nitriles is 1. The zero-order valence-corrected chi connectivity index (χ0v) is 16.9. The van der Waals surface area contributed by atoms with Crippen LogP contribution in [0.2, 0.25) is 0 Å².